The van der Waals surface area contributed by atoms with E-state index in [1.54, 1.807) is 24.4 Å². The summed E-state index contributed by atoms with van der Waals surface area (Å²) in [6, 6.07) is 26.5. The van der Waals surface area contributed by atoms with Crippen LogP contribution in [0.4, 0.5) is 0 Å². The van der Waals surface area contributed by atoms with Crippen LogP contribution in [0.15, 0.2) is 90.0 Å². The predicted octanol–water partition coefficient (Wildman–Crippen LogP) is 4.03. The lowest BCUT2D eigenvalue weighted by Gasteiger charge is -2.10. The summed E-state index contributed by atoms with van der Waals surface area (Å²) >= 11 is 0. The van der Waals surface area contributed by atoms with Crippen molar-refractivity contribution in [2.24, 2.45) is 5.10 Å². The molecule has 3 aromatic rings. The molecule has 0 atom stereocenters. The highest BCUT2D eigenvalue weighted by atomic mass is 16.5. The molecule has 0 saturated heterocycles. The minimum Gasteiger partial charge on any atom is -0.488 e. The molecule has 4 nitrogen and oxygen atoms in total. The average Bonchev–Trinajstić information content (AvgIpc) is 2.68. The van der Waals surface area contributed by atoms with E-state index in [0.29, 0.717) is 17.9 Å². The Hall–Kier alpha value is -3.40. The van der Waals surface area contributed by atoms with Gasteiger partial charge in [-0.3, -0.25) is 4.79 Å². The molecule has 3 aromatic carbocycles. The lowest BCUT2D eigenvalue weighted by molar-refractivity contribution is 0.0950. The first-order valence-electron chi connectivity index (χ1n) is 7.97. The average molecular weight is 330 g/mol. The summed E-state index contributed by atoms with van der Waals surface area (Å²) in [5.74, 6) is 0.217. The molecule has 0 aliphatic heterocycles. The SMILES string of the molecule is O=C(N/N=C/c1ccccc1)c1ccccc1OCc1ccccc1. The van der Waals surface area contributed by atoms with Crippen molar-refractivity contribution in [2.45, 2.75) is 6.61 Å². The fourth-order valence-corrected chi connectivity index (χ4v) is 2.28. The Balaban J connectivity index is 1.65. The fraction of sp³-hybridized carbons (Fsp3) is 0.0476. The van der Waals surface area contributed by atoms with Crippen LogP contribution in [0, 0.1) is 0 Å². The highest BCUT2D eigenvalue weighted by Crippen LogP contribution is 2.19. The van der Waals surface area contributed by atoms with E-state index in [1.165, 1.54) is 0 Å². The van der Waals surface area contributed by atoms with Gasteiger partial charge in [-0.05, 0) is 23.3 Å². The van der Waals surface area contributed by atoms with Gasteiger partial charge in [0.05, 0.1) is 11.8 Å². The normalized spacial score (nSPS) is 10.6. The molecule has 4 heteroatoms. The van der Waals surface area contributed by atoms with E-state index in [4.69, 9.17) is 4.74 Å². The number of ether oxygens (including phenoxy) is 1. The molecule has 0 radical (unpaired) electrons. The van der Waals surface area contributed by atoms with Gasteiger partial charge >= 0.3 is 0 Å². The monoisotopic (exact) mass is 330 g/mol. The molecule has 0 aromatic heterocycles. The highest BCUT2D eigenvalue weighted by Gasteiger charge is 2.11. The van der Waals surface area contributed by atoms with Gasteiger partial charge in [-0.1, -0.05) is 72.8 Å². The van der Waals surface area contributed by atoms with Crippen molar-refractivity contribution in [1.29, 1.82) is 0 Å². The summed E-state index contributed by atoms with van der Waals surface area (Å²) in [5, 5.41) is 4.00. The van der Waals surface area contributed by atoms with Crippen molar-refractivity contribution in [3.8, 4) is 5.75 Å². The lowest BCUT2D eigenvalue weighted by Crippen LogP contribution is -2.18. The summed E-state index contributed by atoms with van der Waals surface area (Å²) < 4.78 is 5.80. The van der Waals surface area contributed by atoms with Gasteiger partial charge < -0.3 is 4.74 Å². The van der Waals surface area contributed by atoms with Crippen molar-refractivity contribution in [3.63, 3.8) is 0 Å². The first kappa shape index (κ1) is 16.5. The van der Waals surface area contributed by atoms with Gasteiger partial charge in [-0.25, -0.2) is 5.43 Å². The minimum atomic E-state index is -0.309. The van der Waals surface area contributed by atoms with Crippen molar-refractivity contribution in [3.05, 3.63) is 102 Å². The Bertz CT molecular complexity index is 846. The maximum atomic E-state index is 12.4. The quantitative estimate of drug-likeness (QED) is 0.548. The summed E-state index contributed by atoms with van der Waals surface area (Å²) in [4.78, 5) is 12.4. The molecular formula is C21H18N2O2. The number of carbonyl (C=O) groups excluding carboxylic acids is 1. The number of rotatable bonds is 6. The van der Waals surface area contributed by atoms with Gasteiger partial charge in [0.15, 0.2) is 0 Å². The molecule has 0 aliphatic carbocycles. The second kappa shape index (κ2) is 8.45. The number of nitrogens with zero attached hydrogens (tertiary/aromatic N) is 1. The van der Waals surface area contributed by atoms with Crippen LogP contribution in [-0.2, 0) is 6.61 Å². The van der Waals surface area contributed by atoms with E-state index in [2.05, 4.69) is 10.5 Å². The van der Waals surface area contributed by atoms with Crippen LogP contribution < -0.4 is 10.2 Å². The zero-order chi connectivity index (χ0) is 17.3. The Morgan fingerprint density at radius 1 is 0.880 bits per heavy atom. The van der Waals surface area contributed by atoms with Gasteiger partial charge in [0.25, 0.3) is 5.91 Å². The van der Waals surface area contributed by atoms with E-state index < -0.39 is 0 Å². The molecule has 0 heterocycles. The van der Waals surface area contributed by atoms with Gasteiger partial charge in [0, 0.05) is 0 Å². The molecule has 124 valence electrons. The van der Waals surface area contributed by atoms with Crippen molar-refractivity contribution >= 4 is 12.1 Å². The first-order valence-corrected chi connectivity index (χ1v) is 7.97. The zero-order valence-corrected chi connectivity index (χ0v) is 13.6. The van der Waals surface area contributed by atoms with Crippen LogP contribution in [-0.4, -0.2) is 12.1 Å². The minimum absolute atomic E-state index is 0.309. The van der Waals surface area contributed by atoms with E-state index in [0.717, 1.165) is 11.1 Å². The fourth-order valence-electron chi connectivity index (χ4n) is 2.28. The summed E-state index contributed by atoms with van der Waals surface area (Å²) in [6.45, 7) is 0.401. The van der Waals surface area contributed by atoms with Crippen molar-refractivity contribution < 1.29 is 9.53 Å². The Labute approximate surface area is 146 Å². The summed E-state index contributed by atoms with van der Waals surface area (Å²) in [5.41, 5.74) is 4.94. The molecule has 0 aliphatic rings. The maximum Gasteiger partial charge on any atom is 0.275 e. The predicted molar refractivity (Wildman–Crippen MR) is 98.7 cm³/mol. The number of benzene rings is 3. The van der Waals surface area contributed by atoms with Gasteiger partial charge in [0.1, 0.15) is 12.4 Å². The third kappa shape index (κ3) is 4.78. The number of carbonyl (C=O) groups is 1. The van der Waals surface area contributed by atoms with E-state index in [1.807, 2.05) is 66.7 Å². The van der Waals surface area contributed by atoms with Gasteiger partial charge in [-0.15, -0.1) is 0 Å². The zero-order valence-electron chi connectivity index (χ0n) is 13.6. The number of hydrazone groups is 1. The van der Waals surface area contributed by atoms with E-state index in [-0.39, 0.29) is 5.91 Å². The smallest absolute Gasteiger partial charge is 0.275 e. The molecule has 0 spiro atoms. The molecule has 0 fully saturated rings. The Morgan fingerprint density at radius 3 is 2.28 bits per heavy atom. The van der Waals surface area contributed by atoms with Crippen LogP contribution in [0.2, 0.25) is 0 Å². The molecule has 1 N–H and O–H groups in total. The second-order valence-corrected chi connectivity index (χ2v) is 5.38. The number of nitrogens with one attached hydrogen (secondary N) is 1. The third-order valence-corrected chi connectivity index (χ3v) is 3.55. The van der Waals surface area contributed by atoms with Crippen LogP contribution in [0.3, 0.4) is 0 Å². The van der Waals surface area contributed by atoms with Crippen LogP contribution in [0.25, 0.3) is 0 Å². The van der Waals surface area contributed by atoms with Crippen molar-refractivity contribution in [2.75, 3.05) is 0 Å². The number of amides is 1. The lowest BCUT2D eigenvalue weighted by atomic mass is 10.2. The standard InChI is InChI=1S/C21H18N2O2/c24-21(23-22-15-17-9-3-1-4-10-17)19-13-7-8-14-20(19)25-16-18-11-5-2-6-12-18/h1-15H,16H2,(H,23,24)/b22-15+. The Morgan fingerprint density at radius 2 is 1.52 bits per heavy atom. The third-order valence-electron chi connectivity index (χ3n) is 3.55. The summed E-state index contributed by atoms with van der Waals surface area (Å²) in [6.07, 6.45) is 1.60. The Kier molecular flexibility index (Phi) is 5.56. The summed E-state index contributed by atoms with van der Waals surface area (Å²) in [7, 11) is 0. The first-order chi connectivity index (χ1) is 12.3. The second-order valence-electron chi connectivity index (χ2n) is 5.38. The number of hydrogen-bond acceptors (Lipinski definition) is 3. The topological polar surface area (TPSA) is 50.7 Å². The molecular weight excluding hydrogens is 312 g/mol. The molecule has 25 heavy (non-hydrogen) atoms. The maximum absolute atomic E-state index is 12.4. The van der Waals surface area contributed by atoms with E-state index in [9.17, 15) is 4.79 Å². The van der Waals surface area contributed by atoms with Gasteiger partial charge in [0.2, 0.25) is 0 Å². The van der Waals surface area contributed by atoms with Crippen molar-refractivity contribution in [1.82, 2.24) is 5.43 Å². The molecule has 0 unspecified atom stereocenters. The van der Waals surface area contributed by atoms with Gasteiger partial charge in [-0.2, -0.15) is 5.10 Å². The molecule has 3 rings (SSSR count). The molecule has 1 amide bonds. The molecule has 0 saturated carbocycles. The van der Waals surface area contributed by atoms with Crippen LogP contribution in [0.1, 0.15) is 21.5 Å². The highest BCUT2D eigenvalue weighted by molar-refractivity contribution is 5.97. The largest absolute Gasteiger partial charge is 0.488 e. The number of hydrogen-bond donors (Lipinski definition) is 1. The number of para-hydroxylation sites is 1. The van der Waals surface area contributed by atoms with Crippen LogP contribution in [0.5, 0.6) is 5.75 Å². The van der Waals surface area contributed by atoms with E-state index >= 15 is 0 Å². The molecule has 0 bridgehead atoms. The van der Waals surface area contributed by atoms with Crippen LogP contribution >= 0.6 is 0 Å².